The largest absolute Gasteiger partial charge is 0.312 e. The van der Waals surface area contributed by atoms with Crippen LogP contribution < -0.4 is 5.32 Å². The lowest BCUT2D eigenvalue weighted by Crippen LogP contribution is -2.49. The van der Waals surface area contributed by atoms with Gasteiger partial charge in [0.2, 0.25) is 0 Å². The summed E-state index contributed by atoms with van der Waals surface area (Å²) in [7, 11) is 0. The molecule has 1 aliphatic heterocycles. The highest BCUT2D eigenvalue weighted by atomic mass is 15.2. The van der Waals surface area contributed by atoms with Crippen LogP contribution in [0.2, 0.25) is 0 Å². The lowest BCUT2D eigenvalue weighted by Gasteiger charge is -2.36. The minimum Gasteiger partial charge on any atom is -0.312 e. The Bertz CT molecular complexity index is 191. The second-order valence-electron chi connectivity index (χ2n) is 6.69. The van der Waals surface area contributed by atoms with Crippen LogP contribution >= 0.6 is 0 Å². The molecule has 0 aromatic carbocycles. The maximum absolute atomic E-state index is 3.70. The van der Waals surface area contributed by atoms with Crippen LogP contribution in [-0.4, -0.2) is 37.1 Å². The SMILES string of the molecule is CC(C)CN(CC(C)C)CC1NCCCC1C. The van der Waals surface area contributed by atoms with Gasteiger partial charge in [0.25, 0.3) is 0 Å². The van der Waals surface area contributed by atoms with E-state index in [1.54, 1.807) is 0 Å². The topological polar surface area (TPSA) is 15.3 Å². The van der Waals surface area contributed by atoms with Gasteiger partial charge in [0.1, 0.15) is 0 Å². The molecule has 1 rings (SSSR count). The van der Waals surface area contributed by atoms with Crippen molar-refractivity contribution in [3.8, 4) is 0 Å². The van der Waals surface area contributed by atoms with Gasteiger partial charge in [-0.05, 0) is 37.1 Å². The van der Waals surface area contributed by atoms with E-state index in [9.17, 15) is 0 Å². The van der Waals surface area contributed by atoms with Crippen LogP contribution in [0.1, 0.15) is 47.5 Å². The van der Waals surface area contributed by atoms with Gasteiger partial charge in [0.05, 0.1) is 0 Å². The second-order valence-corrected chi connectivity index (χ2v) is 6.69. The maximum Gasteiger partial charge on any atom is 0.0220 e. The van der Waals surface area contributed by atoms with Gasteiger partial charge < -0.3 is 10.2 Å². The zero-order chi connectivity index (χ0) is 12.8. The molecule has 1 heterocycles. The Morgan fingerprint density at radius 1 is 1.12 bits per heavy atom. The van der Waals surface area contributed by atoms with Gasteiger partial charge in [-0.2, -0.15) is 0 Å². The van der Waals surface area contributed by atoms with Gasteiger partial charge in [-0.15, -0.1) is 0 Å². The molecule has 1 aliphatic rings. The molecule has 0 aromatic rings. The summed E-state index contributed by atoms with van der Waals surface area (Å²) in [5.74, 6) is 2.38. The Balaban J connectivity index is 2.45. The number of piperidine rings is 1. The van der Waals surface area contributed by atoms with Crippen LogP contribution in [0.15, 0.2) is 0 Å². The smallest absolute Gasteiger partial charge is 0.0220 e. The van der Waals surface area contributed by atoms with Gasteiger partial charge in [-0.3, -0.25) is 0 Å². The number of nitrogens with zero attached hydrogens (tertiary/aromatic N) is 1. The first-order chi connectivity index (χ1) is 7.99. The van der Waals surface area contributed by atoms with Crippen LogP contribution in [0.3, 0.4) is 0 Å². The van der Waals surface area contributed by atoms with Gasteiger partial charge in [-0.25, -0.2) is 0 Å². The first-order valence-corrected chi connectivity index (χ1v) is 7.44. The monoisotopic (exact) mass is 240 g/mol. The first kappa shape index (κ1) is 15.0. The van der Waals surface area contributed by atoms with E-state index in [2.05, 4.69) is 44.8 Å². The number of hydrogen-bond donors (Lipinski definition) is 1. The van der Waals surface area contributed by atoms with Crippen molar-refractivity contribution in [3.05, 3.63) is 0 Å². The molecule has 0 spiro atoms. The summed E-state index contributed by atoms with van der Waals surface area (Å²) in [5, 5.41) is 3.70. The number of rotatable bonds is 6. The Hall–Kier alpha value is -0.0800. The lowest BCUT2D eigenvalue weighted by atomic mass is 9.92. The van der Waals surface area contributed by atoms with E-state index in [0.717, 1.165) is 17.8 Å². The van der Waals surface area contributed by atoms with Crippen molar-refractivity contribution in [2.75, 3.05) is 26.2 Å². The highest BCUT2D eigenvalue weighted by Gasteiger charge is 2.23. The molecule has 0 saturated carbocycles. The van der Waals surface area contributed by atoms with Crippen molar-refractivity contribution < 1.29 is 0 Å². The summed E-state index contributed by atoms with van der Waals surface area (Å²) in [5.41, 5.74) is 0. The molecular formula is C15H32N2. The van der Waals surface area contributed by atoms with E-state index >= 15 is 0 Å². The molecule has 2 atom stereocenters. The van der Waals surface area contributed by atoms with Crippen molar-refractivity contribution in [2.24, 2.45) is 17.8 Å². The Morgan fingerprint density at radius 3 is 2.18 bits per heavy atom. The number of hydrogen-bond acceptors (Lipinski definition) is 2. The van der Waals surface area contributed by atoms with Crippen LogP contribution in [-0.2, 0) is 0 Å². The standard InChI is InChI=1S/C15H32N2/c1-12(2)9-17(10-13(3)4)11-15-14(5)7-6-8-16-15/h12-16H,6-11H2,1-5H3. The molecule has 0 aliphatic carbocycles. The molecule has 102 valence electrons. The van der Waals surface area contributed by atoms with E-state index in [1.165, 1.54) is 39.0 Å². The molecule has 2 nitrogen and oxygen atoms in total. The summed E-state index contributed by atoms with van der Waals surface area (Å²) in [6.07, 6.45) is 2.75. The quantitative estimate of drug-likeness (QED) is 0.768. The maximum atomic E-state index is 3.70. The Kier molecular flexibility index (Phi) is 6.50. The third kappa shape index (κ3) is 5.87. The normalized spacial score (nSPS) is 26.1. The van der Waals surface area contributed by atoms with Gasteiger partial charge in [0.15, 0.2) is 0 Å². The fraction of sp³-hybridized carbons (Fsp3) is 1.00. The van der Waals surface area contributed by atoms with E-state index in [1.807, 2.05) is 0 Å². The molecule has 0 radical (unpaired) electrons. The molecule has 0 bridgehead atoms. The van der Waals surface area contributed by atoms with E-state index in [4.69, 9.17) is 0 Å². The summed E-state index contributed by atoms with van der Waals surface area (Å²) in [4.78, 5) is 2.66. The minimum absolute atomic E-state index is 0.709. The second kappa shape index (κ2) is 7.38. The molecule has 0 amide bonds. The van der Waals surface area contributed by atoms with Crippen LogP contribution in [0.25, 0.3) is 0 Å². The summed E-state index contributed by atoms with van der Waals surface area (Å²) < 4.78 is 0. The third-order valence-corrected chi connectivity index (χ3v) is 3.63. The molecule has 1 N–H and O–H groups in total. The lowest BCUT2D eigenvalue weighted by molar-refractivity contribution is 0.162. The minimum atomic E-state index is 0.709. The van der Waals surface area contributed by atoms with E-state index in [0.29, 0.717) is 6.04 Å². The van der Waals surface area contributed by atoms with Crippen molar-refractivity contribution in [1.29, 1.82) is 0 Å². The van der Waals surface area contributed by atoms with Crippen molar-refractivity contribution in [2.45, 2.75) is 53.5 Å². The van der Waals surface area contributed by atoms with Crippen molar-refractivity contribution in [3.63, 3.8) is 0 Å². The van der Waals surface area contributed by atoms with Crippen molar-refractivity contribution >= 4 is 0 Å². The van der Waals surface area contributed by atoms with Gasteiger partial charge >= 0.3 is 0 Å². The molecule has 2 unspecified atom stereocenters. The predicted octanol–water partition coefficient (Wildman–Crippen LogP) is 2.99. The third-order valence-electron chi connectivity index (χ3n) is 3.63. The molecule has 1 fully saturated rings. The summed E-state index contributed by atoms with van der Waals surface area (Å²) in [6, 6.07) is 0.709. The van der Waals surface area contributed by atoms with Gasteiger partial charge in [0, 0.05) is 25.7 Å². The fourth-order valence-corrected chi connectivity index (χ4v) is 2.89. The van der Waals surface area contributed by atoms with Crippen LogP contribution in [0.4, 0.5) is 0 Å². The van der Waals surface area contributed by atoms with Gasteiger partial charge in [-0.1, -0.05) is 34.6 Å². The molecule has 1 saturated heterocycles. The average Bonchev–Trinajstić information content (AvgIpc) is 2.19. The van der Waals surface area contributed by atoms with Crippen LogP contribution in [0, 0.1) is 17.8 Å². The Labute approximate surface area is 108 Å². The highest BCUT2D eigenvalue weighted by Crippen LogP contribution is 2.17. The zero-order valence-corrected chi connectivity index (χ0v) is 12.5. The highest BCUT2D eigenvalue weighted by molar-refractivity contribution is 4.82. The van der Waals surface area contributed by atoms with Crippen molar-refractivity contribution in [1.82, 2.24) is 10.2 Å². The van der Waals surface area contributed by atoms with E-state index < -0.39 is 0 Å². The van der Waals surface area contributed by atoms with E-state index in [-0.39, 0.29) is 0 Å². The molecule has 0 aromatic heterocycles. The number of nitrogens with one attached hydrogen (secondary N) is 1. The Morgan fingerprint density at radius 2 is 1.71 bits per heavy atom. The molecule has 17 heavy (non-hydrogen) atoms. The molecule has 2 heteroatoms. The predicted molar refractivity (Wildman–Crippen MR) is 76.3 cm³/mol. The average molecular weight is 240 g/mol. The zero-order valence-electron chi connectivity index (χ0n) is 12.5. The van der Waals surface area contributed by atoms with Crippen LogP contribution in [0.5, 0.6) is 0 Å². The summed E-state index contributed by atoms with van der Waals surface area (Å²) in [6.45, 7) is 16.6. The fourth-order valence-electron chi connectivity index (χ4n) is 2.89. The first-order valence-electron chi connectivity index (χ1n) is 7.44. The molecular weight excluding hydrogens is 208 g/mol. The summed E-state index contributed by atoms with van der Waals surface area (Å²) >= 11 is 0.